The molecular weight excluding hydrogens is 264 g/mol. The predicted octanol–water partition coefficient (Wildman–Crippen LogP) is 1.32. The van der Waals surface area contributed by atoms with E-state index in [1.807, 2.05) is 0 Å². The Bertz CT molecular complexity index is 522. The van der Waals surface area contributed by atoms with E-state index in [0.717, 1.165) is 12.8 Å². The lowest BCUT2D eigenvalue weighted by atomic mass is 9.99. The molecule has 1 saturated heterocycles. The van der Waals surface area contributed by atoms with Crippen molar-refractivity contribution >= 4 is 15.7 Å². The third kappa shape index (κ3) is 3.26. The molecule has 0 aromatic heterocycles. The molecule has 0 bridgehead atoms. The van der Waals surface area contributed by atoms with Crippen LogP contribution < -0.4 is 5.73 Å². The van der Waals surface area contributed by atoms with Crippen LogP contribution in [0.15, 0.2) is 29.2 Å². The summed E-state index contributed by atoms with van der Waals surface area (Å²) >= 11 is 0. The summed E-state index contributed by atoms with van der Waals surface area (Å²) in [5.41, 5.74) is 6.11. The summed E-state index contributed by atoms with van der Waals surface area (Å²) < 4.78 is 31.5. The number of sulfonamides is 1. The van der Waals surface area contributed by atoms with E-state index < -0.39 is 10.0 Å². The highest BCUT2D eigenvalue weighted by molar-refractivity contribution is 7.89. The average Bonchev–Trinajstić information content (AvgIpc) is 2.40. The summed E-state index contributed by atoms with van der Waals surface area (Å²) in [5.74, 6) is 0.456. The van der Waals surface area contributed by atoms with Gasteiger partial charge in [-0.15, -0.1) is 0 Å². The molecule has 1 aliphatic heterocycles. The van der Waals surface area contributed by atoms with Crippen LogP contribution in [0.25, 0.3) is 0 Å². The Labute approximate surface area is 114 Å². The second-order valence-corrected chi connectivity index (χ2v) is 6.81. The average molecular weight is 284 g/mol. The fourth-order valence-electron chi connectivity index (χ4n) is 2.38. The monoisotopic (exact) mass is 284 g/mol. The van der Waals surface area contributed by atoms with E-state index in [2.05, 4.69) is 0 Å². The highest BCUT2D eigenvalue weighted by atomic mass is 32.2. The van der Waals surface area contributed by atoms with Crippen LogP contribution in [-0.2, 0) is 14.8 Å². The second-order valence-electron chi connectivity index (χ2n) is 4.88. The smallest absolute Gasteiger partial charge is 0.243 e. The number of anilines is 1. The van der Waals surface area contributed by atoms with E-state index in [4.69, 9.17) is 10.5 Å². The fourth-order valence-corrected chi connectivity index (χ4v) is 3.90. The molecule has 2 N–H and O–H groups in total. The van der Waals surface area contributed by atoms with Crippen LogP contribution in [0.1, 0.15) is 12.8 Å². The van der Waals surface area contributed by atoms with Crippen molar-refractivity contribution in [2.75, 3.05) is 32.5 Å². The molecule has 1 aliphatic rings. The maximum Gasteiger partial charge on any atom is 0.243 e. The van der Waals surface area contributed by atoms with Gasteiger partial charge in [-0.2, -0.15) is 4.31 Å². The molecular formula is C13H20N2O3S. The molecule has 0 radical (unpaired) electrons. The SMILES string of the molecule is COCC1CCN(S(=O)(=O)c2cccc(N)c2)CC1. The van der Waals surface area contributed by atoms with Crippen molar-refractivity contribution in [2.45, 2.75) is 17.7 Å². The molecule has 5 nitrogen and oxygen atoms in total. The van der Waals surface area contributed by atoms with Crippen molar-refractivity contribution in [1.29, 1.82) is 0 Å². The number of piperidine rings is 1. The number of nitrogen functional groups attached to an aromatic ring is 1. The molecule has 0 saturated carbocycles. The summed E-state index contributed by atoms with van der Waals surface area (Å²) in [6, 6.07) is 6.45. The molecule has 0 aliphatic carbocycles. The molecule has 1 heterocycles. The number of nitrogens with zero attached hydrogens (tertiary/aromatic N) is 1. The summed E-state index contributed by atoms with van der Waals surface area (Å²) in [5, 5.41) is 0. The van der Waals surface area contributed by atoms with Crippen molar-refractivity contribution in [3.63, 3.8) is 0 Å². The number of nitrogens with two attached hydrogens (primary N) is 1. The largest absolute Gasteiger partial charge is 0.399 e. The fraction of sp³-hybridized carbons (Fsp3) is 0.538. The van der Waals surface area contributed by atoms with Gasteiger partial charge in [0.25, 0.3) is 0 Å². The van der Waals surface area contributed by atoms with Crippen LogP contribution in [0.3, 0.4) is 0 Å². The molecule has 1 aromatic rings. The zero-order valence-electron chi connectivity index (χ0n) is 11.1. The lowest BCUT2D eigenvalue weighted by molar-refractivity contribution is 0.121. The maximum absolute atomic E-state index is 12.4. The molecule has 0 spiro atoms. The third-order valence-electron chi connectivity index (χ3n) is 3.47. The zero-order chi connectivity index (χ0) is 13.9. The molecule has 1 aromatic carbocycles. The van der Waals surface area contributed by atoms with Gasteiger partial charge in [-0.1, -0.05) is 6.07 Å². The lowest BCUT2D eigenvalue weighted by Gasteiger charge is -2.30. The standard InChI is InChI=1S/C13H20N2O3S/c1-18-10-11-5-7-15(8-6-11)19(16,17)13-4-2-3-12(14)9-13/h2-4,9,11H,5-8,10,14H2,1H3. The van der Waals surface area contributed by atoms with Gasteiger partial charge in [-0.25, -0.2) is 8.42 Å². The number of benzene rings is 1. The van der Waals surface area contributed by atoms with E-state index in [-0.39, 0.29) is 4.90 Å². The molecule has 0 unspecified atom stereocenters. The van der Waals surface area contributed by atoms with Crippen molar-refractivity contribution in [3.05, 3.63) is 24.3 Å². The molecule has 1 fully saturated rings. The van der Waals surface area contributed by atoms with Crippen molar-refractivity contribution in [2.24, 2.45) is 5.92 Å². The predicted molar refractivity (Wildman–Crippen MR) is 74.2 cm³/mol. The van der Waals surface area contributed by atoms with Crippen molar-refractivity contribution < 1.29 is 13.2 Å². The Morgan fingerprint density at radius 2 is 2.05 bits per heavy atom. The van der Waals surface area contributed by atoms with Gasteiger partial charge < -0.3 is 10.5 Å². The summed E-state index contributed by atoms with van der Waals surface area (Å²) in [7, 11) is -1.73. The summed E-state index contributed by atoms with van der Waals surface area (Å²) in [6.07, 6.45) is 1.69. The maximum atomic E-state index is 12.4. The first-order chi connectivity index (χ1) is 9.04. The Hall–Kier alpha value is -1.11. The summed E-state index contributed by atoms with van der Waals surface area (Å²) in [4.78, 5) is 0.276. The van der Waals surface area contributed by atoms with E-state index in [1.54, 1.807) is 25.3 Å². The quantitative estimate of drug-likeness (QED) is 0.846. The number of rotatable bonds is 4. The number of hydrogen-bond acceptors (Lipinski definition) is 4. The van der Waals surface area contributed by atoms with Crippen LogP contribution in [0.5, 0.6) is 0 Å². The van der Waals surface area contributed by atoms with Gasteiger partial charge in [0.15, 0.2) is 0 Å². The van der Waals surface area contributed by atoms with E-state index in [1.165, 1.54) is 10.4 Å². The molecule has 19 heavy (non-hydrogen) atoms. The Morgan fingerprint density at radius 1 is 1.37 bits per heavy atom. The first-order valence-electron chi connectivity index (χ1n) is 6.38. The molecule has 6 heteroatoms. The van der Waals surface area contributed by atoms with Gasteiger partial charge >= 0.3 is 0 Å². The van der Waals surface area contributed by atoms with Crippen LogP contribution in [0.2, 0.25) is 0 Å². The van der Waals surface area contributed by atoms with E-state index in [0.29, 0.717) is 31.3 Å². The van der Waals surface area contributed by atoms with Gasteiger partial charge in [0.2, 0.25) is 10.0 Å². The normalized spacial score (nSPS) is 18.6. The summed E-state index contributed by atoms with van der Waals surface area (Å²) in [6.45, 7) is 1.79. The highest BCUT2D eigenvalue weighted by Crippen LogP contribution is 2.24. The van der Waals surface area contributed by atoms with E-state index in [9.17, 15) is 8.42 Å². The Balaban J connectivity index is 2.10. The van der Waals surface area contributed by atoms with Gasteiger partial charge in [-0.3, -0.25) is 0 Å². The van der Waals surface area contributed by atoms with Gasteiger partial charge in [0.05, 0.1) is 4.90 Å². The molecule has 0 amide bonds. The van der Waals surface area contributed by atoms with Crippen molar-refractivity contribution in [1.82, 2.24) is 4.31 Å². The second kappa shape index (κ2) is 5.90. The van der Waals surface area contributed by atoms with E-state index >= 15 is 0 Å². The topological polar surface area (TPSA) is 72.6 Å². The lowest BCUT2D eigenvalue weighted by Crippen LogP contribution is -2.39. The zero-order valence-corrected chi connectivity index (χ0v) is 11.9. The minimum Gasteiger partial charge on any atom is -0.399 e. The Kier molecular flexibility index (Phi) is 4.44. The van der Waals surface area contributed by atoms with Crippen LogP contribution in [0, 0.1) is 5.92 Å². The minimum absolute atomic E-state index is 0.276. The number of ether oxygens (including phenoxy) is 1. The molecule has 106 valence electrons. The number of hydrogen-bond donors (Lipinski definition) is 1. The van der Waals surface area contributed by atoms with Crippen molar-refractivity contribution in [3.8, 4) is 0 Å². The molecule has 2 rings (SSSR count). The minimum atomic E-state index is -3.41. The van der Waals surface area contributed by atoms with Crippen LogP contribution >= 0.6 is 0 Å². The van der Waals surface area contributed by atoms with Gasteiger partial charge in [-0.05, 0) is 37.0 Å². The van der Waals surface area contributed by atoms with Crippen LogP contribution in [-0.4, -0.2) is 39.5 Å². The first kappa shape index (κ1) is 14.3. The first-order valence-corrected chi connectivity index (χ1v) is 7.82. The number of methoxy groups -OCH3 is 1. The van der Waals surface area contributed by atoms with Crippen LogP contribution in [0.4, 0.5) is 5.69 Å². The Morgan fingerprint density at radius 3 is 2.63 bits per heavy atom. The van der Waals surface area contributed by atoms with Gasteiger partial charge in [0.1, 0.15) is 0 Å². The molecule has 0 atom stereocenters. The third-order valence-corrected chi connectivity index (χ3v) is 5.37. The highest BCUT2D eigenvalue weighted by Gasteiger charge is 2.29. The van der Waals surface area contributed by atoms with Gasteiger partial charge in [0, 0.05) is 32.5 Å².